The van der Waals surface area contributed by atoms with Gasteiger partial charge in [0.25, 0.3) is 0 Å². The van der Waals surface area contributed by atoms with Gasteiger partial charge in [0.05, 0.1) is 25.6 Å². The van der Waals surface area contributed by atoms with Crippen molar-refractivity contribution in [1.82, 2.24) is 0 Å². The van der Waals surface area contributed by atoms with E-state index in [4.69, 9.17) is 24.3 Å². The molecule has 306 valence electrons. The Morgan fingerprint density at radius 2 is 1.30 bits per heavy atom. The monoisotopic (exact) mass is 766 g/mol. The number of ether oxygens (including phenoxy) is 2. The second-order valence-corrected chi connectivity index (χ2v) is 14.8. The van der Waals surface area contributed by atoms with Crippen LogP contribution in [0.3, 0.4) is 0 Å². The molecular weight excluding hydrogens is 689 g/mol. The molecule has 0 heterocycles. The highest BCUT2D eigenvalue weighted by Crippen LogP contribution is 2.43. The van der Waals surface area contributed by atoms with Gasteiger partial charge in [0.2, 0.25) is 0 Å². The Bertz CT molecular complexity index is 1050. The molecule has 0 aromatic carbocycles. The van der Waals surface area contributed by atoms with Gasteiger partial charge in [-0.1, -0.05) is 158 Å². The number of nitrogens with two attached hydrogens (primary N) is 1. The van der Waals surface area contributed by atoms with E-state index in [1.54, 1.807) is 12.3 Å². The van der Waals surface area contributed by atoms with Gasteiger partial charge in [0, 0.05) is 13.0 Å². The molecule has 9 nitrogen and oxygen atoms in total. The maximum Gasteiger partial charge on any atom is 0.472 e. The Hall–Kier alpha value is -2.26. The van der Waals surface area contributed by atoms with E-state index in [9.17, 15) is 19.4 Å². The fraction of sp³-hybridized carbons (Fsp3) is 0.698. The number of esters is 1. The lowest BCUT2D eigenvalue weighted by Gasteiger charge is -2.19. The number of aliphatic hydroxyl groups is 1. The maximum absolute atomic E-state index is 12.5. The van der Waals surface area contributed by atoms with Crippen molar-refractivity contribution >= 4 is 13.8 Å². The van der Waals surface area contributed by atoms with Crippen LogP contribution in [0.2, 0.25) is 0 Å². The summed E-state index contributed by atoms with van der Waals surface area (Å²) in [6, 6.07) is 0. The third kappa shape index (κ3) is 39.3. The summed E-state index contributed by atoms with van der Waals surface area (Å²) in [5, 5.41) is 10.0. The van der Waals surface area contributed by atoms with E-state index in [2.05, 4.69) is 32.1 Å². The van der Waals surface area contributed by atoms with E-state index in [1.807, 2.05) is 42.5 Å². The van der Waals surface area contributed by atoms with Gasteiger partial charge in [-0.2, -0.15) is 0 Å². The Labute approximate surface area is 323 Å². The van der Waals surface area contributed by atoms with Gasteiger partial charge in [0.1, 0.15) is 6.61 Å². The Kier molecular flexibility index (Phi) is 37.8. The number of allylic oxidation sites excluding steroid dienone is 9. The highest BCUT2D eigenvalue weighted by atomic mass is 31.2. The first-order valence-electron chi connectivity index (χ1n) is 20.6. The predicted octanol–water partition coefficient (Wildman–Crippen LogP) is 11.3. The summed E-state index contributed by atoms with van der Waals surface area (Å²) in [4.78, 5) is 22.4. The third-order valence-corrected chi connectivity index (χ3v) is 9.27. The molecule has 0 amide bonds. The number of phosphoric ester groups is 1. The molecule has 0 aliphatic carbocycles. The smallest absolute Gasteiger partial charge is 0.472 e. The minimum Gasteiger partial charge on any atom is -0.498 e. The lowest BCUT2D eigenvalue weighted by atomic mass is 10.0. The maximum atomic E-state index is 12.5. The van der Waals surface area contributed by atoms with Crippen molar-refractivity contribution in [2.75, 3.05) is 26.4 Å². The van der Waals surface area contributed by atoms with E-state index in [1.165, 1.54) is 83.5 Å². The molecule has 0 rings (SSSR count). The van der Waals surface area contributed by atoms with E-state index >= 15 is 0 Å². The van der Waals surface area contributed by atoms with Gasteiger partial charge in [-0.15, -0.1) is 0 Å². The fourth-order valence-corrected chi connectivity index (χ4v) is 6.02. The molecule has 3 atom stereocenters. The van der Waals surface area contributed by atoms with E-state index in [-0.39, 0.29) is 32.8 Å². The summed E-state index contributed by atoms with van der Waals surface area (Å²) in [6.07, 6.45) is 46.2. The van der Waals surface area contributed by atoms with Crippen molar-refractivity contribution in [2.45, 2.75) is 167 Å². The number of rotatable bonds is 38. The predicted molar refractivity (Wildman–Crippen MR) is 220 cm³/mol. The van der Waals surface area contributed by atoms with Crippen molar-refractivity contribution in [3.8, 4) is 0 Å². The van der Waals surface area contributed by atoms with Crippen LogP contribution in [0.4, 0.5) is 0 Å². The minimum atomic E-state index is -4.32. The quantitative estimate of drug-likeness (QED) is 0.0140. The molecule has 0 fully saturated rings. The highest BCUT2D eigenvalue weighted by molar-refractivity contribution is 7.47. The molecule has 0 bridgehead atoms. The van der Waals surface area contributed by atoms with Crippen molar-refractivity contribution in [3.63, 3.8) is 0 Å². The molecule has 0 radical (unpaired) electrons. The van der Waals surface area contributed by atoms with Gasteiger partial charge in [-0.05, 0) is 57.4 Å². The van der Waals surface area contributed by atoms with Gasteiger partial charge >= 0.3 is 13.8 Å². The molecule has 10 heteroatoms. The van der Waals surface area contributed by atoms with E-state index in [0.717, 1.165) is 32.1 Å². The SMILES string of the molecule is CC/C=C\C/C=C\CC(O)/C=C/C=C\C/C=C\CCCC(=O)O[C@H](CO/C=C/CCCCCCCCCCCCCCCC)COP(=O)(O)OCCN. The van der Waals surface area contributed by atoms with Crippen molar-refractivity contribution in [3.05, 3.63) is 73.1 Å². The first-order chi connectivity index (χ1) is 25.8. The Morgan fingerprint density at radius 3 is 1.96 bits per heavy atom. The van der Waals surface area contributed by atoms with Crippen LogP contribution in [-0.4, -0.2) is 54.5 Å². The zero-order chi connectivity index (χ0) is 38.9. The van der Waals surface area contributed by atoms with Crippen molar-refractivity contribution in [2.24, 2.45) is 5.73 Å². The first kappa shape index (κ1) is 50.7. The Balaban J connectivity index is 4.29. The lowest BCUT2D eigenvalue weighted by Crippen LogP contribution is -2.27. The average Bonchev–Trinajstić information content (AvgIpc) is 3.14. The van der Waals surface area contributed by atoms with Crippen LogP contribution in [0.25, 0.3) is 0 Å². The van der Waals surface area contributed by atoms with E-state index in [0.29, 0.717) is 19.3 Å². The molecular formula is C43H76NO8P. The van der Waals surface area contributed by atoms with Crippen LogP contribution in [0.15, 0.2) is 73.1 Å². The largest absolute Gasteiger partial charge is 0.498 e. The topological polar surface area (TPSA) is 138 Å². The normalized spacial score (nSPS) is 14.8. The molecule has 0 saturated carbocycles. The highest BCUT2D eigenvalue weighted by Gasteiger charge is 2.25. The van der Waals surface area contributed by atoms with Gasteiger partial charge in [-0.25, -0.2) is 4.57 Å². The summed E-state index contributed by atoms with van der Waals surface area (Å²) in [5.41, 5.74) is 5.35. The van der Waals surface area contributed by atoms with Crippen LogP contribution in [0, 0.1) is 0 Å². The lowest BCUT2D eigenvalue weighted by molar-refractivity contribution is -0.153. The fourth-order valence-electron chi connectivity index (χ4n) is 5.26. The van der Waals surface area contributed by atoms with E-state index < -0.39 is 26.0 Å². The average molecular weight is 766 g/mol. The first-order valence-corrected chi connectivity index (χ1v) is 22.1. The zero-order valence-electron chi connectivity index (χ0n) is 33.3. The number of hydrogen-bond donors (Lipinski definition) is 3. The number of phosphoric acid groups is 1. The number of carbonyl (C=O) groups is 1. The zero-order valence-corrected chi connectivity index (χ0v) is 34.2. The van der Waals surface area contributed by atoms with Crippen molar-refractivity contribution < 1.29 is 37.9 Å². The number of hydrogen-bond acceptors (Lipinski definition) is 8. The number of aliphatic hydroxyl groups excluding tert-OH is 1. The second-order valence-electron chi connectivity index (χ2n) is 13.4. The van der Waals surface area contributed by atoms with Crippen LogP contribution >= 0.6 is 7.82 Å². The summed E-state index contributed by atoms with van der Waals surface area (Å²) >= 11 is 0. The van der Waals surface area contributed by atoms with Gasteiger partial charge < -0.3 is 25.2 Å². The summed E-state index contributed by atoms with van der Waals surface area (Å²) < 4.78 is 33.0. The Morgan fingerprint density at radius 1 is 0.698 bits per heavy atom. The van der Waals surface area contributed by atoms with Crippen LogP contribution < -0.4 is 5.73 Å². The molecule has 2 unspecified atom stereocenters. The van der Waals surface area contributed by atoms with Crippen molar-refractivity contribution in [1.29, 1.82) is 0 Å². The molecule has 0 aromatic heterocycles. The van der Waals surface area contributed by atoms with Gasteiger partial charge in [-0.3, -0.25) is 13.8 Å². The summed E-state index contributed by atoms with van der Waals surface area (Å²) in [7, 11) is -4.32. The molecule has 0 aromatic rings. The van der Waals surface area contributed by atoms with Crippen LogP contribution in [0.5, 0.6) is 0 Å². The molecule has 0 saturated heterocycles. The molecule has 0 aliphatic rings. The summed E-state index contributed by atoms with van der Waals surface area (Å²) in [5.74, 6) is -0.437. The summed E-state index contributed by atoms with van der Waals surface area (Å²) in [6.45, 7) is 3.95. The molecule has 0 spiro atoms. The van der Waals surface area contributed by atoms with Crippen LogP contribution in [-0.2, 0) is 27.9 Å². The van der Waals surface area contributed by atoms with Crippen LogP contribution in [0.1, 0.15) is 155 Å². The van der Waals surface area contributed by atoms with Gasteiger partial charge in [0.15, 0.2) is 6.10 Å². The number of unbranched alkanes of at least 4 members (excludes halogenated alkanes) is 15. The third-order valence-electron chi connectivity index (χ3n) is 8.28. The standard InChI is InChI=1S/C43H76NO8P/c1-3-5-7-9-11-12-13-14-15-16-17-18-21-24-28-32-37-49-39-42(40-51-53(47,48)50-38-36-44)52-43(46)35-31-27-23-20-19-22-26-30-34-41(45)33-29-25-10-8-6-4-2/h6,8,20,22-23,25-26,29-30,32,34,37,41-42,45H,3-5,7,9-19,21,24,27-28,31,33,35-36,38-40,44H2,1-2H3,(H,47,48)/b8-6-,23-20-,26-22-,29-25-,34-30+,37-32+/t41?,42-/m1/s1. The molecule has 53 heavy (non-hydrogen) atoms. The minimum absolute atomic E-state index is 0.0110. The molecule has 4 N–H and O–H groups in total. The molecule has 0 aliphatic heterocycles. The second kappa shape index (κ2) is 39.4. The number of carbonyl (C=O) groups excluding carboxylic acids is 1.